The molecule has 1 aliphatic heterocycles. The van der Waals surface area contributed by atoms with Gasteiger partial charge in [0.2, 0.25) is 5.91 Å². The molecule has 24 heavy (non-hydrogen) atoms. The SMILES string of the molecule is Cc1cccc2sc(N3CCC(F)(CNC(=O)C4CC4)CC3)nc12. The summed E-state index contributed by atoms with van der Waals surface area (Å²) in [5.41, 5.74) is 0.939. The molecule has 4 rings (SSSR count). The fourth-order valence-corrected chi connectivity index (χ4v) is 4.32. The number of amides is 1. The number of benzene rings is 1. The fraction of sp³-hybridized carbons (Fsp3) is 0.556. The summed E-state index contributed by atoms with van der Waals surface area (Å²) in [6, 6.07) is 6.20. The molecule has 0 bridgehead atoms. The minimum atomic E-state index is -1.28. The largest absolute Gasteiger partial charge is 0.353 e. The van der Waals surface area contributed by atoms with Gasteiger partial charge in [0.1, 0.15) is 5.67 Å². The Hall–Kier alpha value is -1.69. The number of hydrogen-bond acceptors (Lipinski definition) is 4. The lowest BCUT2D eigenvalue weighted by Gasteiger charge is -2.36. The Labute approximate surface area is 145 Å². The number of aryl methyl sites for hydroxylation is 1. The molecule has 0 atom stereocenters. The molecule has 1 amide bonds. The van der Waals surface area contributed by atoms with E-state index < -0.39 is 5.67 Å². The zero-order valence-corrected chi connectivity index (χ0v) is 14.7. The summed E-state index contributed by atoms with van der Waals surface area (Å²) >= 11 is 1.67. The van der Waals surface area contributed by atoms with Gasteiger partial charge in [-0.3, -0.25) is 4.79 Å². The second-order valence-corrected chi connectivity index (χ2v) is 8.06. The van der Waals surface area contributed by atoms with Crippen LogP contribution in [0.5, 0.6) is 0 Å². The highest BCUT2D eigenvalue weighted by Crippen LogP contribution is 2.35. The predicted octanol–water partition coefficient (Wildman–Crippen LogP) is 3.44. The molecule has 4 nitrogen and oxygen atoms in total. The van der Waals surface area contributed by atoms with E-state index >= 15 is 0 Å². The Kier molecular flexibility index (Phi) is 3.95. The summed E-state index contributed by atoms with van der Waals surface area (Å²) in [6.45, 7) is 3.51. The molecule has 6 heteroatoms. The quantitative estimate of drug-likeness (QED) is 0.921. The van der Waals surface area contributed by atoms with Crippen molar-refractivity contribution in [3.8, 4) is 0 Å². The number of thiazole rings is 1. The molecule has 1 aromatic heterocycles. The van der Waals surface area contributed by atoms with E-state index in [1.54, 1.807) is 11.3 Å². The number of halogens is 1. The standard InChI is InChI=1S/C18H22FN3OS/c1-12-3-2-4-14-15(12)21-17(24-14)22-9-7-18(19,8-10-22)11-20-16(23)13-5-6-13/h2-4,13H,5-11H2,1H3,(H,20,23). The number of hydrogen-bond donors (Lipinski definition) is 1. The van der Waals surface area contributed by atoms with Gasteiger partial charge in [0.05, 0.1) is 16.8 Å². The molecule has 128 valence electrons. The smallest absolute Gasteiger partial charge is 0.223 e. The zero-order chi connectivity index (χ0) is 16.7. The first-order chi connectivity index (χ1) is 11.5. The fourth-order valence-electron chi connectivity index (χ4n) is 3.22. The highest BCUT2D eigenvalue weighted by Gasteiger charge is 2.37. The molecule has 2 aliphatic rings. The van der Waals surface area contributed by atoms with Gasteiger partial charge in [0.25, 0.3) is 0 Å². The number of para-hydroxylation sites is 1. The lowest BCUT2D eigenvalue weighted by Crippen LogP contribution is -2.48. The van der Waals surface area contributed by atoms with E-state index in [4.69, 9.17) is 4.98 Å². The lowest BCUT2D eigenvalue weighted by atomic mass is 9.93. The number of rotatable bonds is 4. The summed E-state index contributed by atoms with van der Waals surface area (Å²) in [5.74, 6) is 0.163. The van der Waals surface area contributed by atoms with E-state index in [1.165, 1.54) is 10.3 Å². The van der Waals surface area contributed by atoms with Gasteiger partial charge >= 0.3 is 0 Å². The third-order valence-corrected chi connectivity index (χ3v) is 6.15. The van der Waals surface area contributed by atoms with E-state index in [0.29, 0.717) is 25.9 Å². The molecule has 0 unspecified atom stereocenters. The molecule has 0 spiro atoms. The molecule has 2 heterocycles. The maximum absolute atomic E-state index is 14.9. The number of nitrogens with one attached hydrogen (secondary N) is 1. The Morgan fingerprint density at radius 1 is 1.42 bits per heavy atom. The van der Waals surface area contributed by atoms with Gasteiger partial charge in [-0.25, -0.2) is 9.37 Å². The first kappa shape index (κ1) is 15.8. The molecule has 1 saturated carbocycles. The van der Waals surface area contributed by atoms with Crippen molar-refractivity contribution < 1.29 is 9.18 Å². The van der Waals surface area contributed by atoms with Crippen molar-refractivity contribution in [3.05, 3.63) is 23.8 Å². The van der Waals surface area contributed by atoms with Crippen LogP contribution in [0, 0.1) is 12.8 Å². The number of alkyl halides is 1. The molecule has 1 aromatic carbocycles. The van der Waals surface area contributed by atoms with E-state index in [0.717, 1.165) is 23.5 Å². The number of fused-ring (bicyclic) bond motifs is 1. The van der Waals surface area contributed by atoms with Crippen molar-refractivity contribution in [1.82, 2.24) is 10.3 Å². The summed E-state index contributed by atoms with van der Waals surface area (Å²) in [4.78, 5) is 18.6. The average molecular weight is 347 g/mol. The first-order valence-corrected chi connectivity index (χ1v) is 9.43. The van der Waals surface area contributed by atoms with Crippen molar-refractivity contribution in [2.45, 2.75) is 38.3 Å². The van der Waals surface area contributed by atoms with Crippen molar-refractivity contribution in [2.75, 3.05) is 24.5 Å². The molecule has 1 N–H and O–H groups in total. The maximum atomic E-state index is 14.9. The van der Waals surface area contributed by atoms with Crippen molar-refractivity contribution in [1.29, 1.82) is 0 Å². The second-order valence-electron chi connectivity index (χ2n) is 7.05. The van der Waals surface area contributed by atoms with Crippen molar-refractivity contribution in [3.63, 3.8) is 0 Å². The van der Waals surface area contributed by atoms with Crippen LogP contribution in [0.3, 0.4) is 0 Å². The average Bonchev–Trinajstić information content (AvgIpc) is 3.33. The third-order valence-electron chi connectivity index (χ3n) is 5.07. The van der Waals surface area contributed by atoms with Gasteiger partial charge in [-0.05, 0) is 31.4 Å². The molecule has 1 aliphatic carbocycles. The Morgan fingerprint density at radius 3 is 2.83 bits per heavy atom. The van der Waals surface area contributed by atoms with E-state index in [-0.39, 0.29) is 18.4 Å². The number of piperidine rings is 1. The van der Waals surface area contributed by atoms with Crippen LogP contribution in [0.1, 0.15) is 31.2 Å². The topological polar surface area (TPSA) is 45.2 Å². The summed E-state index contributed by atoms with van der Waals surface area (Å²) < 4.78 is 16.1. The normalized spacial score (nSPS) is 20.3. The molecule has 1 saturated heterocycles. The van der Waals surface area contributed by atoms with Crippen LogP contribution in [0.2, 0.25) is 0 Å². The van der Waals surface area contributed by atoms with Gasteiger partial charge in [-0.1, -0.05) is 23.5 Å². The molecular weight excluding hydrogens is 325 g/mol. The number of aromatic nitrogens is 1. The Balaban J connectivity index is 1.39. The Bertz CT molecular complexity index is 763. The van der Waals surface area contributed by atoms with Crippen LogP contribution in [0.4, 0.5) is 9.52 Å². The van der Waals surface area contributed by atoms with Crippen molar-refractivity contribution >= 4 is 32.6 Å². The first-order valence-electron chi connectivity index (χ1n) is 8.62. The second kappa shape index (κ2) is 5.99. The van der Waals surface area contributed by atoms with Crippen LogP contribution in [0.15, 0.2) is 18.2 Å². The van der Waals surface area contributed by atoms with Crippen LogP contribution in [-0.4, -0.2) is 36.2 Å². The minimum Gasteiger partial charge on any atom is -0.353 e. The van der Waals surface area contributed by atoms with Gasteiger partial charge in [-0.2, -0.15) is 0 Å². The maximum Gasteiger partial charge on any atom is 0.223 e. The predicted molar refractivity (Wildman–Crippen MR) is 95.4 cm³/mol. The van der Waals surface area contributed by atoms with Crippen LogP contribution in [-0.2, 0) is 4.79 Å². The summed E-state index contributed by atoms with van der Waals surface area (Å²) in [7, 11) is 0. The van der Waals surface area contributed by atoms with E-state index in [1.807, 2.05) is 6.07 Å². The van der Waals surface area contributed by atoms with Crippen LogP contribution >= 0.6 is 11.3 Å². The van der Waals surface area contributed by atoms with E-state index in [2.05, 4.69) is 29.3 Å². The molecular formula is C18H22FN3OS. The Morgan fingerprint density at radius 2 is 2.17 bits per heavy atom. The number of nitrogens with zero attached hydrogens (tertiary/aromatic N) is 2. The number of carbonyl (C=O) groups is 1. The minimum absolute atomic E-state index is 0.0242. The highest BCUT2D eigenvalue weighted by atomic mass is 32.1. The lowest BCUT2D eigenvalue weighted by molar-refractivity contribution is -0.123. The van der Waals surface area contributed by atoms with Crippen molar-refractivity contribution in [2.24, 2.45) is 5.92 Å². The molecule has 0 radical (unpaired) electrons. The monoisotopic (exact) mass is 347 g/mol. The molecule has 2 aromatic rings. The van der Waals surface area contributed by atoms with Gasteiger partial charge < -0.3 is 10.2 Å². The summed E-state index contributed by atoms with van der Waals surface area (Å²) in [5, 5.41) is 3.77. The van der Waals surface area contributed by atoms with Gasteiger partial charge in [0, 0.05) is 31.8 Å². The van der Waals surface area contributed by atoms with Crippen LogP contribution < -0.4 is 10.2 Å². The van der Waals surface area contributed by atoms with Crippen LogP contribution in [0.25, 0.3) is 10.2 Å². The van der Waals surface area contributed by atoms with Gasteiger partial charge in [0.15, 0.2) is 5.13 Å². The van der Waals surface area contributed by atoms with Gasteiger partial charge in [-0.15, -0.1) is 0 Å². The number of carbonyl (C=O) groups excluding carboxylic acids is 1. The zero-order valence-electron chi connectivity index (χ0n) is 13.8. The third kappa shape index (κ3) is 3.11. The highest BCUT2D eigenvalue weighted by molar-refractivity contribution is 7.22. The molecule has 2 fully saturated rings. The summed E-state index contributed by atoms with van der Waals surface area (Å²) in [6.07, 6.45) is 2.78. The number of anilines is 1. The van der Waals surface area contributed by atoms with E-state index in [9.17, 15) is 9.18 Å².